The number of nitrogens with zero attached hydrogens (tertiary/aromatic N) is 1. The fourth-order valence-electron chi connectivity index (χ4n) is 1.66. The molecule has 0 aromatic heterocycles. The summed E-state index contributed by atoms with van der Waals surface area (Å²) in [6.07, 6.45) is 5.07. The second-order valence-corrected chi connectivity index (χ2v) is 4.42. The number of carbonyl (C=O) groups is 1. The molecule has 1 rings (SSSR count). The second kappa shape index (κ2) is 9.38. The van der Waals surface area contributed by atoms with Crippen molar-refractivity contribution in [3.8, 4) is 11.8 Å². The quantitative estimate of drug-likeness (QED) is 0.345. The topological polar surface area (TPSA) is 62.1 Å². The van der Waals surface area contributed by atoms with Crippen molar-refractivity contribution in [2.75, 3.05) is 13.2 Å². The van der Waals surface area contributed by atoms with Gasteiger partial charge in [-0.15, -0.1) is 0 Å². The van der Waals surface area contributed by atoms with Crippen LogP contribution in [0.2, 0.25) is 0 Å². The maximum atomic E-state index is 11.9. The van der Waals surface area contributed by atoms with Gasteiger partial charge in [0.15, 0.2) is 0 Å². The molecular formula is C17H20N2O2. The lowest BCUT2D eigenvalue weighted by Gasteiger charge is -2.08. The number of rotatable bonds is 8. The fourth-order valence-corrected chi connectivity index (χ4v) is 1.66. The van der Waals surface area contributed by atoms with Gasteiger partial charge in [0.25, 0.3) is 5.91 Å². The molecule has 4 nitrogen and oxygen atoms in total. The zero-order chi connectivity index (χ0) is 15.5. The monoisotopic (exact) mass is 284 g/mol. The Kier molecular flexibility index (Phi) is 7.37. The van der Waals surface area contributed by atoms with Crippen molar-refractivity contribution in [1.82, 2.24) is 5.32 Å². The van der Waals surface area contributed by atoms with Crippen LogP contribution in [0.15, 0.2) is 42.5 Å². The lowest BCUT2D eigenvalue weighted by molar-refractivity contribution is -0.117. The van der Waals surface area contributed by atoms with E-state index in [9.17, 15) is 4.79 Å². The van der Waals surface area contributed by atoms with E-state index in [1.54, 1.807) is 24.3 Å². The molecule has 21 heavy (non-hydrogen) atoms. The average molecular weight is 284 g/mol. The van der Waals surface area contributed by atoms with E-state index in [0.29, 0.717) is 24.5 Å². The summed E-state index contributed by atoms with van der Waals surface area (Å²) in [7, 11) is 0. The molecule has 0 aliphatic heterocycles. The highest BCUT2D eigenvalue weighted by molar-refractivity contribution is 6.01. The molecule has 0 fully saturated rings. The van der Waals surface area contributed by atoms with E-state index < -0.39 is 0 Å². The van der Waals surface area contributed by atoms with Gasteiger partial charge < -0.3 is 10.1 Å². The summed E-state index contributed by atoms with van der Waals surface area (Å²) in [5, 5.41) is 11.9. The zero-order valence-electron chi connectivity index (χ0n) is 12.3. The van der Waals surface area contributed by atoms with Crippen molar-refractivity contribution >= 4 is 12.0 Å². The number of amides is 1. The van der Waals surface area contributed by atoms with E-state index in [0.717, 1.165) is 12.8 Å². The number of hydrogen-bond donors (Lipinski definition) is 1. The Hall–Kier alpha value is -2.54. The van der Waals surface area contributed by atoms with Gasteiger partial charge in [0.05, 0.1) is 0 Å². The van der Waals surface area contributed by atoms with Gasteiger partial charge in [-0.05, 0) is 18.6 Å². The number of hydrogen-bond acceptors (Lipinski definition) is 3. The Bertz CT molecular complexity index is 556. The van der Waals surface area contributed by atoms with Crippen LogP contribution >= 0.6 is 0 Å². The van der Waals surface area contributed by atoms with Gasteiger partial charge in [-0.3, -0.25) is 4.79 Å². The minimum atomic E-state index is -0.357. The summed E-state index contributed by atoms with van der Waals surface area (Å²) in [6.45, 7) is 6.58. The van der Waals surface area contributed by atoms with Gasteiger partial charge in [0, 0.05) is 12.1 Å². The Labute approximate surface area is 125 Å². The smallest absolute Gasteiger partial charge is 0.261 e. The van der Waals surface area contributed by atoms with Crippen LogP contribution < -0.4 is 10.1 Å². The molecule has 0 aliphatic rings. The molecule has 0 aliphatic carbocycles. The minimum absolute atomic E-state index is 0.0701. The lowest BCUT2D eigenvalue weighted by Crippen LogP contribution is -2.25. The van der Waals surface area contributed by atoms with Crippen molar-refractivity contribution < 1.29 is 9.53 Å². The maximum Gasteiger partial charge on any atom is 0.261 e. The van der Waals surface area contributed by atoms with E-state index in [2.05, 4.69) is 11.9 Å². The molecule has 0 saturated heterocycles. The van der Waals surface area contributed by atoms with Crippen molar-refractivity contribution in [2.45, 2.75) is 19.8 Å². The van der Waals surface area contributed by atoms with E-state index in [1.807, 2.05) is 25.1 Å². The van der Waals surface area contributed by atoms with Crippen molar-refractivity contribution in [2.24, 2.45) is 0 Å². The molecule has 0 heterocycles. The van der Waals surface area contributed by atoms with E-state index in [1.165, 1.54) is 0 Å². The molecule has 1 amide bonds. The minimum Gasteiger partial charge on any atom is -0.489 e. The first-order valence-electron chi connectivity index (χ1n) is 6.95. The highest BCUT2D eigenvalue weighted by atomic mass is 16.5. The van der Waals surface area contributed by atoms with Crippen LogP contribution in [-0.4, -0.2) is 19.1 Å². The van der Waals surface area contributed by atoms with Gasteiger partial charge in [-0.1, -0.05) is 44.2 Å². The van der Waals surface area contributed by atoms with E-state index >= 15 is 0 Å². The maximum absolute atomic E-state index is 11.9. The predicted octanol–water partition coefficient (Wildman–Crippen LogP) is 3.07. The van der Waals surface area contributed by atoms with Crippen LogP contribution in [0.4, 0.5) is 0 Å². The number of ether oxygens (including phenoxy) is 1. The predicted molar refractivity (Wildman–Crippen MR) is 83.6 cm³/mol. The average Bonchev–Trinajstić information content (AvgIpc) is 2.51. The Morgan fingerprint density at radius 3 is 2.90 bits per heavy atom. The molecule has 1 aromatic rings. The van der Waals surface area contributed by atoms with Crippen LogP contribution in [0, 0.1) is 11.3 Å². The summed E-state index contributed by atoms with van der Waals surface area (Å²) in [5.41, 5.74) is 0.766. The normalized spacial score (nSPS) is 10.6. The van der Waals surface area contributed by atoms with Crippen LogP contribution in [0.3, 0.4) is 0 Å². The summed E-state index contributed by atoms with van der Waals surface area (Å²) >= 11 is 0. The van der Waals surface area contributed by atoms with E-state index in [-0.39, 0.29) is 11.5 Å². The SMILES string of the molecule is C=CCOc1ccccc1/C=C(\C#N)C(=O)NCCCC. The highest BCUT2D eigenvalue weighted by Crippen LogP contribution is 2.21. The van der Waals surface area contributed by atoms with Crippen molar-refractivity contribution in [1.29, 1.82) is 5.26 Å². The van der Waals surface area contributed by atoms with Gasteiger partial charge in [0.2, 0.25) is 0 Å². The van der Waals surface area contributed by atoms with Gasteiger partial charge in [-0.2, -0.15) is 5.26 Å². The third-order valence-corrected chi connectivity index (χ3v) is 2.76. The number of nitrogens with one attached hydrogen (secondary N) is 1. The van der Waals surface area contributed by atoms with Crippen molar-refractivity contribution in [3.05, 3.63) is 48.1 Å². The number of carbonyl (C=O) groups excluding carboxylic acids is 1. The van der Waals surface area contributed by atoms with Crippen molar-refractivity contribution in [3.63, 3.8) is 0 Å². The second-order valence-electron chi connectivity index (χ2n) is 4.42. The largest absolute Gasteiger partial charge is 0.489 e. The van der Waals surface area contributed by atoms with E-state index in [4.69, 9.17) is 10.00 Å². The highest BCUT2D eigenvalue weighted by Gasteiger charge is 2.09. The first-order chi connectivity index (χ1) is 10.2. The molecule has 0 saturated carbocycles. The number of benzene rings is 1. The summed E-state index contributed by atoms with van der Waals surface area (Å²) in [6, 6.07) is 9.19. The molecule has 0 spiro atoms. The summed E-state index contributed by atoms with van der Waals surface area (Å²) < 4.78 is 5.51. The molecular weight excluding hydrogens is 264 g/mol. The standard InChI is InChI=1S/C17H20N2O2/c1-3-5-10-19-17(20)15(13-18)12-14-8-6-7-9-16(14)21-11-4-2/h4,6-9,12H,2-3,5,10-11H2,1H3,(H,19,20)/b15-12+. The molecule has 1 aromatic carbocycles. The van der Waals surface area contributed by atoms with Gasteiger partial charge in [0.1, 0.15) is 24.0 Å². The number of nitriles is 1. The van der Waals surface area contributed by atoms with Crippen LogP contribution in [-0.2, 0) is 4.79 Å². The number of para-hydroxylation sites is 1. The third kappa shape index (κ3) is 5.53. The molecule has 0 unspecified atom stereocenters. The van der Waals surface area contributed by atoms with Gasteiger partial charge >= 0.3 is 0 Å². The Morgan fingerprint density at radius 1 is 1.48 bits per heavy atom. The molecule has 0 atom stereocenters. The summed E-state index contributed by atoms with van der Waals surface area (Å²) in [5.74, 6) is 0.260. The van der Waals surface area contributed by atoms with Crippen LogP contribution in [0.1, 0.15) is 25.3 Å². The lowest BCUT2D eigenvalue weighted by atomic mass is 10.1. The molecule has 1 N–H and O–H groups in total. The molecule has 4 heteroatoms. The number of unbranched alkanes of at least 4 members (excludes halogenated alkanes) is 1. The van der Waals surface area contributed by atoms with Crippen LogP contribution in [0.5, 0.6) is 5.75 Å². The first-order valence-corrected chi connectivity index (χ1v) is 6.95. The van der Waals surface area contributed by atoms with Crippen LogP contribution in [0.25, 0.3) is 6.08 Å². The fraction of sp³-hybridized carbons (Fsp3) is 0.294. The third-order valence-electron chi connectivity index (χ3n) is 2.76. The molecule has 0 radical (unpaired) electrons. The summed E-state index contributed by atoms with van der Waals surface area (Å²) in [4.78, 5) is 11.9. The molecule has 0 bridgehead atoms. The Morgan fingerprint density at radius 2 is 2.24 bits per heavy atom. The first kappa shape index (κ1) is 16.5. The van der Waals surface area contributed by atoms with Gasteiger partial charge in [-0.25, -0.2) is 0 Å². The molecule has 110 valence electrons. The zero-order valence-corrected chi connectivity index (χ0v) is 12.3. The Balaban J connectivity index is 2.90.